The van der Waals surface area contributed by atoms with Crippen LogP contribution >= 0.6 is 0 Å². The minimum atomic E-state index is -5.05. The molecule has 1 saturated heterocycles. The van der Waals surface area contributed by atoms with Gasteiger partial charge in [-0.1, -0.05) is 34.1 Å². The zero-order valence-corrected chi connectivity index (χ0v) is 23.0. The molecule has 2 unspecified atom stereocenters. The van der Waals surface area contributed by atoms with Gasteiger partial charge in [0.2, 0.25) is 11.8 Å². The Bertz CT molecular complexity index is 967. The number of hydrogen-bond donors (Lipinski definition) is 2. The van der Waals surface area contributed by atoms with Crippen LogP contribution in [0.25, 0.3) is 0 Å². The van der Waals surface area contributed by atoms with Crippen molar-refractivity contribution in [3.63, 3.8) is 0 Å². The van der Waals surface area contributed by atoms with Crippen molar-refractivity contribution < 1.29 is 32.3 Å². The number of halogens is 3. The predicted octanol–water partition coefficient (Wildman–Crippen LogP) is 3.36. The molecule has 12 heteroatoms. The first-order valence-electron chi connectivity index (χ1n) is 12.5. The van der Waals surface area contributed by atoms with Crippen LogP contribution in [0.2, 0.25) is 0 Å². The average Bonchev–Trinajstić information content (AvgIpc) is 3.41. The Balaban J connectivity index is 0.00000217. The molecule has 0 spiro atoms. The molecule has 0 saturated carbocycles. The summed E-state index contributed by atoms with van der Waals surface area (Å²) >= 11 is 0. The maximum atomic E-state index is 13.3. The lowest BCUT2D eigenvalue weighted by atomic mass is 10.0. The molecule has 0 aromatic carbocycles. The predicted molar refractivity (Wildman–Crippen MR) is 133 cm³/mol. The van der Waals surface area contributed by atoms with E-state index in [4.69, 9.17) is 0 Å². The number of alkyl halides is 3. The first-order chi connectivity index (χ1) is 17.0. The SMILES string of the molecule is CCC.Cc1c(C(=O)NC(C(=O)N2CCCC2C(=O)NCC(=O)C(F)(F)F)C(C)C)cnn1C(C)(C)C. The normalized spacial score (nSPS) is 16.6. The van der Waals surface area contributed by atoms with E-state index in [2.05, 4.69) is 24.3 Å². The van der Waals surface area contributed by atoms with Crippen LogP contribution in [0.1, 0.15) is 83.8 Å². The number of carbonyl (C=O) groups is 4. The van der Waals surface area contributed by atoms with E-state index >= 15 is 0 Å². The molecule has 1 fully saturated rings. The molecule has 3 amide bonds. The topological polar surface area (TPSA) is 113 Å². The van der Waals surface area contributed by atoms with E-state index in [1.54, 1.807) is 25.5 Å². The molecule has 210 valence electrons. The Morgan fingerprint density at radius 3 is 2.16 bits per heavy atom. The zero-order chi connectivity index (χ0) is 28.7. The number of amides is 3. The Labute approximate surface area is 216 Å². The highest BCUT2D eigenvalue weighted by Crippen LogP contribution is 2.22. The molecule has 2 N–H and O–H groups in total. The number of aromatic nitrogens is 2. The number of ketones is 1. The Morgan fingerprint density at radius 1 is 1.14 bits per heavy atom. The van der Waals surface area contributed by atoms with E-state index in [1.165, 1.54) is 17.5 Å². The monoisotopic (exact) mass is 531 g/mol. The molecule has 37 heavy (non-hydrogen) atoms. The van der Waals surface area contributed by atoms with Crippen molar-refractivity contribution >= 4 is 23.5 Å². The van der Waals surface area contributed by atoms with Crippen molar-refractivity contribution in [2.45, 2.75) is 98.5 Å². The van der Waals surface area contributed by atoms with E-state index in [0.717, 1.165) is 0 Å². The van der Waals surface area contributed by atoms with Crippen molar-refractivity contribution in [2.75, 3.05) is 13.1 Å². The van der Waals surface area contributed by atoms with Crippen LogP contribution in [0.5, 0.6) is 0 Å². The molecule has 1 aromatic rings. The van der Waals surface area contributed by atoms with Crippen LogP contribution < -0.4 is 10.6 Å². The van der Waals surface area contributed by atoms with Crippen molar-refractivity contribution in [1.82, 2.24) is 25.3 Å². The molecule has 2 atom stereocenters. The molecule has 0 radical (unpaired) electrons. The molecule has 1 aliphatic heterocycles. The van der Waals surface area contributed by atoms with Gasteiger partial charge in [-0.3, -0.25) is 23.9 Å². The second-order valence-electron chi connectivity index (χ2n) is 10.5. The summed E-state index contributed by atoms with van der Waals surface area (Å²) in [5, 5.41) is 8.97. The van der Waals surface area contributed by atoms with E-state index in [9.17, 15) is 32.3 Å². The van der Waals surface area contributed by atoms with Crippen molar-refractivity contribution in [2.24, 2.45) is 5.92 Å². The van der Waals surface area contributed by atoms with Crippen LogP contribution in [0, 0.1) is 12.8 Å². The van der Waals surface area contributed by atoms with Crippen LogP contribution in [0.4, 0.5) is 13.2 Å². The van der Waals surface area contributed by atoms with Crippen LogP contribution in [-0.4, -0.2) is 69.5 Å². The van der Waals surface area contributed by atoms with Gasteiger partial charge in [-0.15, -0.1) is 0 Å². The average molecular weight is 532 g/mol. The third-order valence-corrected chi connectivity index (χ3v) is 5.69. The summed E-state index contributed by atoms with van der Waals surface area (Å²) in [5.74, 6) is -4.24. The second kappa shape index (κ2) is 13.0. The number of carbonyl (C=O) groups excluding carboxylic acids is 4. The lowest BCUT2D eigenvalue weighted by Crippen LogP contribution is -2.55. The first kappa shape index (κ1) is 32.1. The number of nitrogens with one attached hydrogen (secondary N) is 2. The highest BCUT2D eigenvalue weighted by molar-refractivity contribution is 5.99. The molecule has 1 aromatic heterocycles. The number of rotatable bonds is 7. The molecule has 0 bridgehead atoms. The maximum absolute atomic E-state index is 13.3. The van der Waals surface area contributed by atoms with E-state index in [0.29, 0.717) is 17.7 Å². The van der Waals surface area contributed by atoms with Crippen LogP contribution in [0.3, 0.4) is 0 Å². The summed E-state index contributed by atoms with van der Waals surface area (Å²) in [6, 6.07) is -1.98. The van der Waals surface area contributed by atoms with Gasteiger partial charge in [-0.2, -0.15) is 18.3 Å². The smallest absolute Gasteiger partial charge is 0.347 e. The molecule has 9 nitrogen and oxygen atoms in total. The van der Waals surface area contributed by atoms with E-state index in [1.807, 2.05) is 26.1 Å². The van der Waals surface area contributed by atoms with Crippen LogP contribution in [0.15, 0.2) is 6.20 Å². The van der Waals surface area contributed by atoms with Gasteiger partial charge in [0.25, 0.3) is 11.7 Å². The molecule has 2 heterocycles. The largest absolute Gasteiger partial charge is 0.451 e. The van der Waals surface area contributed by atoms with Gasteiger partial charge in [0, 0.05) is 12.2 Å². The first-order valence-corrected chi connectivity index (χ1v) is 12.5. The lowest BCUT2D eigenvalue weighted by molar-refractivity contribution is -0.170. The van der Waals surface area contributed by atoms with Gasteiger partial charge in [0.15, 0.2) is 0 Å². The molecular formula is C25H40F3N5O4. The van der Waals surface area contributed by atoms with Gasteiger partial charge in [0.1, 0.15) is 12.1 Å². The summed E-state index contributed by atoms with van der Waals surface area (Å²) in [7, 11) is 0. The van der Waals surface area contributed by atoms with Gasteiger partial charge < -0.3 is 15.5 Å². The van der Waals surface area contributed by atoms with Crippen molar-refractivity contribution in [1.29, 1.82) is 0 Å². The van der Waals surface area contributed by atoms with Gasteiger partial charge in [0.05, 0.1) is 23.8 Å². The Morgan fingerprint density at radius 2 is 1.70 bits per heavy atom. The molecule has 1 aliphatic rings. The summed E-state index contributed by atoms with van der Waals surface area (Å²) < 4.78 is 39.0. The minimum absolute atomic E-state index is 0.213. The number of Topliss-reactive ketones (excluding diaryl/α,β-unsaturated/α-hetero) is 1. The summed E-state index contributed by atoms with van der Waals surface area (Å²) in [6.45, 7) is 14.3. The summed E-state index contributed by atoms with van der Waals surface area (Å²) in [4.78, 5) is 51.0. The van der Waals surface area contributed by atoms with Crippen molar-refractivity contribution in [3.8, 4) is 0 Å². The lowest BCUT2D eigenvalue weighted by Gasteiger charge is -2.30. The Hall–Kier alpha value is -2.92. The number of nitrogens with zero attached hydrogens (tertiary/aromatic N) is 3. The molecule has 2 rings (SSSR count). The quantitative estimate of drug-likeness (QED) is 0.560. The summed E-state index contributed by atoms with van der Waals surface area (Å²) in [5.41, 5.74) is 0.599. The second-order valence-corrected chi connectivity index (χ2v) is 10.5. The third kappa shape index (κ3) is 8.57. The van der Waals surface area contributed by atoms with E-state index < -0.39 is 48.3 Å². The molecular weight excluding hydrogens is 491 g/mol. The highest BCUT2D eigenvalue weighted by atomic mass is 19.4. The number of likely N-dealkylation sites (tertiary alicyclic amines) is 1. The maximum Gasteiger partial charge on any atom is 0.451 e. The van der Waals surface area contributed by atoms with Gasteiger partial charge in [-0.05, 0) is 46.5 Å². The minimum Gasteiger partial charge on any atom is -0.347 e. The van der Waals surface area contributed by atoms with E-state index in [-0.39, 0.29) is 24.4 Å². The summed E-state index contributed by atoms with van der Waals surface area (Å²) in [6.07, 6.45) is -1.66. The van der Waals surface area contributed by atoms with Gasteiger partial charge >= 0.3 is 6.18 Å². The van der Waals surface area contributed by atoms with Gasteiger partial charge in [-0.25, -0.2) is 0 Å². The zero-order valence-electron chi connectivity index (χ0n) is 23.0. The third-order valence-electron chi connectivity index (χ3n) is 5.69. The fraction of sp³-hybridized carbons (Fsp3) is 0.720. The number of hydrogen-bond acceptors (Lipinski definition) is 5. The standard InChI is InChI=1S/C22H32F3N5O4.C3H8/c1-12(2)17(28-18(32)14-10-27-30(13(14)3)21(4,5)6)20(34)29-9-7-8-15(29)19(33)26-11-16(31)22(23,24)25;1-3-2/h10,12,15,17H,7-9,11H2,1-6H3,(H,26,33)(H,28,32);3H2,1-2H3. The van der Waals surface area contributed by atoms with Crippen molar-refractivity contribution in [3.05, 3.63) is 17.5 Å². The fourth-order valence-electron chi connectivity index (χ4n) is 3.91. The van der Waals surface area contributed by atoms with Crippen LogP contribution in [-0.2, 0) is 19.9 Å². The molecule has 0 aliphatic carbocycles. The fourth-order valence-corrected chi connectivity index (χ4v) is 3.91. The Kier molecular flexibility index (Phi) is 11.3. The highest BCUT2D eigenvalue weighted by Gasteiger charge is 2.41.